The number of carboxylic acid groups (broad SMARTS) is 1. The van der Waals surface area contributed by atoms with Gasteiger partial charge >= 0.3 is 5.97 Å². The summed E-state index contributed by atoms with van der Waals surface area (Å²) in [5.41, 5.74) is 1.81. The molecule has 0 saturated carbocycles. The Morgan fingerprint density at radius 3 is 2.89 bits per heavy atom. The molecule has 1 fully saturated rings. The van der Waals surface area contributed by atoms with Gasteiger partial charge in [-0.3, -0.25) is 9.59 Å². The average molecular weight is 373 g/mol. The largest absolute Gasteiger partial charge is 0.481 e. The van der Waals surface area contributed by atoms with E-state index in [1.165, 1.54) is 0 Å². The number of benzene rings is 1. The molecule has 1 heterocycles. The van der Waals surface area contributed by atoms with E-state index in [9.17, 15) is 9.59 Å². The number of aliphatic carboxylic acids is 1. The maximum absolute atomic E-state index is 12.4. The number of amides is 1. The van der Waals surface area contributed by atoms with E-state index in [2.05, 4.69) is 22.6 Å². The number of carbonyl (C=O) groups is 2. The van der Waals surface area contributed by atoms with Crippen molar-refractivity contribution in [3.05, 3.63) is 32.9 Å². The molecule has 19 heavy (non-hydrogen) atoms. The zero-order chi connectivity index (χ0) is 14.0. The molecule has 1 aliphatic rings. The van der Waals surface area contributed by atoms with Crippen LogP contribution in [-0.4, -0.2) is 35.0 Å². The molecule has 1 saturated heterocycles. The van der Waals surface area contributed by atoms with Crippen LogP contribution in [0.4, 0.5) is 0 Å². The summed E-state index contributed by atoms with van der Waals surface area (Å²) in [4.78, 5) is 24.9. The van der Waals surface area contributed by atoms with Crippen LogP contribution in [-0.2, 0) is 4.79 Å². The minimum absolute atomic E-state index is 0.0148. The van der Waals surface area contributed by atoms with Crippen molar-refractivity contribution in [1.82, 2.24) is 4.90 Å². The van der Waals surface area contributed by atoms with Crippen molar-refractivity contribution < 1.29 is 14.7 Å². The fraction of sp³-hybridized carbons (Fsp3) is 0.429. The standard InChI is InChI=1S/C14H16INO3/c1-9-3-2-4-11(13(9)15)14(19)16-6-5-10(8-16)7-12(17)18/h2-4,10H,5-8H2,1H3,(H,17,18). The molecule has 1 atom stereocenters. The summed E-state index contributed by atoms with van der Waals surface area (Å²) in [5.74, 6) is -0.686. The summed E-state index contributed by atoms with van der Waals surface area (Å²) in [6, 6.07) is 5.70. The van der Waals surface area contributed by atoms with Gasteiger partial charge in [0.15, 0.2) is 0 Å². The van der Waals surface area contributed by atoms with Gasteiger partial charge in [-0.05, 0) is 53.5 Å². The summed E-state index contributed by atoms with van der Waals surface area (Å²) >= 11 is 2.19. The zero-order valence-corrected chi connectivity index (χ0v) is 12.9. The number of carbonyl (C=O) groups excluding carboxylic acids is 1. The number of carboxylic acids is 1. The molecule has 0 aliphatic carbocycles. The quantitative estimate of drug-likeness (QED) is 0.829. The first kappa shape index (κ1) is 14.3. The van der Waals surface area contributed by atoms with Crippen molar-refractivity contribution in [3.63, 3.8) is 0 Å². The first-order valence-electron chi connectivity index (χ1n) is 6.25. The van der Waals surface area contributed by atoms with E-state index in [4.69, 9.17) is 5.11 Å². The van der Waals surface area contributed by atoms with Crippen molar-refractivity contribution in [3.8, 4) is 0 Å². The lowest BCUT2D eigenvalue weighted by molar-refractivity contribution is -0.138. The number of hydrogen-bond donors (Lipinski definition) is 1. The predicted molar refractivity (Wildman–Crippen MR) is 80.2 cm³/mol. The van der Waals surface area contributed by atoms with E-state index < -0.39 is 5.97 Å². The van der Waals surface area contributed by atoms with Crippen molar-refractivity contribution in [1.29, 1.82) is 0 Å². The highest BCUT2D eigenvalue weighted by Crippen LogP contribution is 2.24. The number of aryl methyl sites for hydroxylation is 1. The first-order chi connectivity index (χ1) is 8.99. The molecule has 0 aromatic heterocycles. The summed E-state index contributed by atoms with van der Waals surface area (Å²) in [5, 5.41) is 8.79. The van der Waals surface area contributed by atoms with Crippen LogP contribution in [0.2, 0.25) is 0 Å². The van der Waals surface area contributed by atoms with E-state index >= 15 is 0 Å². The fourth-order valence-electron chi connectivity index (χ4n) is 2.41. The number of likely N-dealkylation sites (tertiary alicyclic amines) is 1. The molecule has 102 valence electrons. The van der Waals surface area contributed by atoms with Crippen molar-refractivity contribution >= 4 is 34.5 Å². The fourth-order valence-corrected chi connectivity index (χ4v) is 3.00. The average Bonchev–Trinajstić information content (AvgIpc) is 2.79. The highest BCUT2D eigenvalue weighted by molar-refractivity contribution is 14.1. The molecule has 2 rings (SSSR count). The Labute approximate surface area is 125 Å². The van der Waals surface area contributed by atoms with Crippen LogP contribution >= 0.6 is 22.6 Å². The van der Waals surface area contributed by atoms with Crippen LogP contribution < -0.4 is 0 Å². The Morgan fingerprint density at radius 1 is 1.47 bits per heavy atom. The normalized spacial score (nSPS) is 18.6. The van der Waals surface area contributed by atoms with Crippen LogP contribution in [0.5, 0.6) is 0 Å². The van der Waals surface area contributed by atoms with Crippen molar-refractivity contribution in [2.75, 3.05) is 13.1 Å². The number of rotatable bonds is 3. The van der Waals surface area contributed by atoms with Crippen LogP contribution in [0.25, 0.3) is 0 Å². The smallest absolute Gasteiger partial charge is 0.303 e. The van der Waals surface area contributed by atoms with Crippen LogP contribution in [0, 0.1) is 16.4 Å². The Hall–Kier alpha value is -1.11. The minimum Gasteiger partial charge on any atom is -0.481 e. The van der Waals surface area contributed by atoms with Gasteiger partial charge in [0.25, 0.3) is 5.91 Å². The molecule has 0 bridgehead atoms. The maximum Gasteiger partial charge on any atom is 0.303 e. The molecule has 1 aromatic rings. The second-order valence-corrected chi connectivity index (χ2v) is 6.02. The second-order valence-electron chi connectivity index (χ2n) is 4.94. The predicted octanol–water partition coefficient (Wildman–Crippen LogP) is 2.54. The van der Waals surface area contributed by atoms with Crippen LogP contribution in [0.3, 0.4) is 0 Å². The first-order valence-corrected chi connectivity index (χ1v) is 7.33. The highest BCUT2D eigenvalue weighted by Gasteiger charge is 2.29. The van der Waals surface area contributed by atoms with Gasteiger partial charge in [-0.25, -0.2) is 0 Å². The van der Waals surface area contributed by atoms with Gasteiger partial charge in [0.1, 0.15) is 0 Å². The lowest BCUT2D eigenvalue weighted by Crippen LogP contribution is -2.29. The summed E-state index contributed by atoms with van der Waals surface area (Å²) in [7, 11) is 0. The maximum atomic E-state index is 12.4. The molecular weight excluding hydrogens is 357 g/mol. The third kappa shape index (κ3) is 3.26. The lowest BCUT2D eigenvalue weighted by atomic mass is 10.1. The minimum atomic E-state index is -0.788. The van der Waals surface area contributed by atoms with Gasteiger partial charge in [-0.2, -0.15) is 0 Å². The van der Waals surface area contributed by atoms with Gasteiger partial charge in [0.2, 0.25) is 0 Å². The summed E-state index contributed by atoms with van der Waals surface area (Å²) < 4.78 is 0.979. The molecule has 1 unspecified atom stereocenters. The Balaban J connectivity index is 2.09. The van der Waals surface area contributed by atoms with Crippen LogP contribution in [0.1, 0.15) is 28.8 Å². The van der Waals surface area contributed by atoms with E-state index in [0.29, 0.717) is 13.1 Å². The Bertz CT molecular complexity index is 515. The van der Waals surface area contributed by atoms with Gasteiger partial charge in [-0.15, -0.1) is 0 Å². The van der Waals surface area contributed by atoms with Gasteiger partial charge in [0, 0.05) is 23.1 Å². The van der Waals surface area contributed by atoms with Gasteiger partial charge in [0.05, 0.1) is 5.56 Å². The summed E-state index contributed by atoms with van der Waals surface area (Å²) in [6.07, 6.45) is 0.926. The summed E-state index contributed by atoms with van der Waals surface area (Å²) in [6.45, 7) is 3.19. The van der Waals surface area contributed by atoms with E-state index in [0.717, 1.165) is 21.1 Å². The molecule has 1 aromatic carbocycles. The molecular formula is C14H16INO3. The molecule has 4 nitrogen and oxygen atoms in total. The molecule has 1 amide bonds. The molecule has 0 radical (unpaired) electrons. The molecule has 1 N–H and O–H groups in total. The van der Waals surface area contributed by atoms with Crippen molar-refractivity contribution in [2.45, 2.75) is 19.8 Å². The lowest BCUT2D eigenvalue weighted by Gasteiger charge is -2.17. The topological polar surface area (TPSA) is 57.6 Å². The molecule has 1 aliphatic heterocycles. The van der Waals surface area contributed by atoms with Gasteiger partial charge < -0.3 is 10.0 Å². The third-order valence-corrected chi connectivity index (χ3v) is 4.89. The number of hydrogen-bond acceptors (Lipinski definition) is 2. The zero-order valence-electron chi connectivity index (χ0n) is 10.7. The molecule has 0 spiro atoms. The van der Waals surface area contributed by atoms with E-state index in [1.807, 2.05) is 25.1 Å². The van der Waals surface area contributed by atoms with E-state index in [-0.39, 0.29) is 18.2 Å². The Morgan fingerprint density at radius 2 is 2.21 bits per heavy atom. The second kappa shape index (κ2) is 5.90. The highest BCUT2D eigenvalue weighted by atomic mass is 127. The number of halogens is 1. The Kier molecular flexibility index (Phi) is 4.44. The number of nitrogens with zero attached hydrogens (tertiary/aromatic N) is 1. The third-order valence-electron chi connectivity index (χ3n) is 3.46. The van der Waals surface area contributed by atoms with E-state index in [1.54, 1.807) is 4.90 Å². The van der Waals surface area contributed by atoms with Crippen molar-refractivity contribution in [2.24, 2.45) is 5.92 Å². The monoisotopic (exact) mass is 373 g/mol. The molecule has 5 heteroatoms. The van der Waals surface area contributed by atoms with Crippen LogP contribution in [0.15, 0.2) is 18.2 Å². The SMILES string of the molecule is Cc1cccc(C(=O)N2CCC(CC(=O)O)C2)c1I. The van der Waals surface area contributed by atoms with Gasteiger partial charge in [-0.1, -0.05) is 12.1 Å².